The molecule has 0 radical (unpaired) electrons. The van der Waals surface area contributed by atoms with E-state index in [-0.39, 0.29) is 0 Å². The molecule has 4 nitrogen and oxygen atoms in total. The molecule has 0 unspecified atom stereocenters. The van der Waals surface area contributed by atoms with Crippen molar-refractivity contribution >= 4 is 40.8 Å². The van der Waals surface area contributed by atoms with Gasteiger partial charge in [0.1, 0.15) is 0 Å². The summed E-state index contributed by atoms with van der Waals surface area (Å²) in [6.45, 7) is 2.50. The van der Waals surface area contributed by atoms with Crippen molar-refractivity contribution in [1.82, 2.24) is 0 Å². The fourth-order valence-corrected chi connectivity index (χ4v) is 2.31. The lowest BCUT2D eigenvalue weighted by Crippen LogP contribution is -1.96. The lowest BCUT2D eigenvalue weighted by Gasteiger charge is -2.09. The zero-order chi connectivity index (χ0) is 16.1. The number of hydrogen-bond donors (Lipinski definition) is 1. The maximum absolute atomic E-state index is 5.98. The number of methoxy groups -OCH3 is 1. The molecule has 0 aromatic heterocycles. The van der Waals surface area contributed by atoms with Gasteiger partial charge in [0.2, 0.25) is 0 Å². The van der Waals surface area contributed by atoms with Crippen LogP contribution in [0.15, 0.2) is 35.3 Å². The number of rotatable bonds is 5. The quantitative estimate of drug-likeness (QED) is 0.633. The van der Waals surface area contributed by atoms with Crippen molar-refractivity contribution in [2.24, 2.45) is 4.99 Å². The van der Waals surface area contributed by atoms with Gasteiger partial charge in [0.15, 0.2) is 11.5 Å². The highest BCUT2D eigenvalue weighted by Gasteiger charge is 2.05. The minimum atomic E-state index is 0.352. The highest BCUT2D eigenvalue weighted by atomic mass is 35.5. The first-order valence-corrected chi connectivity index (χ1v) is 7.40. The first kappa shape index (κ1) is 16.5. The molecular weight excluding hydrogens is 323 g/mol. The van der Waals surface area contributed by atoms with Crippen molar-refractivity contribution in [2.75, 3.05) is 19.5 Å². The summed E-state index contributed by atoms with van der Waals surface area (Å²) in [6.07, 6.45) is 1.69. The van der Waals surface area contributed by atoms with Crippen LogP contribution in [0.5, 0.6) is 11.5 Å². The second kappa shape index (κ2) is 7.38. The molecule has 0 amide bonds. The normalized spacial score (nSPS) is 10.9. The van der Waals surface area contributed by atoms with Crippen molar-refractivity contribution in [2.45, 2.75) is 6.92 Å². The fraction of sp³-hybridized carbons (Fsp3) is 0.188. The smallest absolute Gasteiger partial charge is 0.161 e. The lowest BCUT2D eigenvalue weighted by atomic mass is 10.2. The van der Waals surface area contributed by atoms with Crippen LogP contribution in [0.3, 0.4) is 0 Å². The van der Waals surface area contributed by atoms with E-state index in [2.05, 4.69) is 4.99 Å². The molecule has 6 heteroatoms. The van der Waals surface area contributed by atoms with E-state index >= 15 is 0 Å². The molecular formula is C16H16Cl2N2O2. The highest BCUT2D eigenvalue weighted by Crippen LogP contribution is 2.32. The molecule has 0 saturated heterocycles. The van der Waals surface area contributed by atoms with Crippen LogP contribution in [-0.2, 0) is 0 Å². The number of nitrogen functional groups attached to an aromatic ring is 1. The number of ether oxygens (including phenoxy) is 2. The Bertz CT molecular complexity index is 680. The molecule has 0 spiro atoms. The van der Waals surface area contributed by atoms with Crippen LogP contribution < -0.4 is 15.2 Å². The summed E-state index contributed by atoms with van der Waals surface area (Å²) >= 11 is 12.0. The van der Waals surface area contributed by atoms with Gasteiger partial charge in [0, 0.05) is 6.21 Å². The summed E-state index contributed by atoms with van der Waals surface area (Å²) in [6, 6.07) is 8.88. The van der Waals surface area contributed by atoms with Gasteiger partial charge in [-0.05, 0) is 42.8 Å². The van der Waals surface area contributed by atoms with Crippen LogP contribution in [0.1, 0.15) is 12.5 Å². The maximum atomic E-state index is 5.98. The molecule has 0 fully saturated rings. The molecule has 0 saturated carbocycles. The second-order valence-corrected chi connectivity index (χ2v) is 5.24. The Hall–Kier alpha value is -1.91. The summed E-state index contributed by atoms with van der Waals surface area (Å²) < 4.78 is 10.8. The van der Waals surface area contributed by atoms with Gasteiger partial charge in [-0.1, -0.05) is 23.2 Å². The van der Waals surface area contributed by atoms with Crippen molar-refractivity contribution in [3.8, 4) is 11.5 Å². The molecule has 0 aliphatic heterocycles. The first-order valence-electron chi connectivity index (χ1n) is 6.64. The molecule has 0 atom stereocenters. The minimum Gasteiger partial charge on any atom is -0.493 e. The number of aliphatic imine (C=N–C) groups is 1. The van der Waals surface area contributed by atoms with Crippen LogP contribution in [-0.4, -0.2) is 19.9 Å². The Morgan fingerprint density at radius 1 is 1.14 bits per heavy atom. The van der Waals surface area contributed by atoms with E-state index < -0.39 is 0 Å². The Kier molecular flexibility index (Phi) is 5.52. The van der Waals surface area contributed by atoms with E-state index in [0.717, 1.165) is 5.56 Å². The average molecular weight is 339 g/mol. The van der Waals surface area contributed by atoms with E-state index in [0.29, 0.717) is 39.5 Å². The molecule has 0 bridgehead atoms. The molecule has 0 aliphatic carbocycles. The van der Waals surface area contributed by atoms with Gasteiger partial charge >= 0.3 is 0 Å². The number of anilines is 1. The minimum absolute atomic E-state index is 0.352. The standard InChI is InChI=1S/C16H16Cl2N2O2/c1-3-22-14-5-4-10(6-15(14)21-2)9-20-11-7-12(17)16(19)13(18)8-11/h4-9H,3,19H2,1-2H3. The van der Waals surface area contributed by atoms with E-state index in [1.807, 2.05) is 25.1 Å². The predicted molar refractivity (Wildman–Crippen MR) is 92.3 cm³/mol. The van der Waals surface area contributed by atoms with Gasteiger partial charge in [0.05, 0.1) is 35.1 Å². The largest absolute Gasteiger partial charge is 0.493 e. The van der Waals surface area contributed by atoms with Crippen molar-refractivity contribution < 1.29 is 9.47 Å². The van der Waals surface area contributed by atoms with Gasteiger partial charge in [-0.3, -0.25) is 4.99 Å². The molecule has 116 valence electrons. The van der Waals surface area contributed by atoms with Gasteiger partial charge in [-0.2, -0.15) is 0 Å². The topological polar surface area (TPSA) is 56.8 Å². The Morgan fingerprint density at radius 3 is 2.41 bits per heavy atom. The van der Waals surface area contributed by atoms with E-state index in [1.54, 1.807) is 25.5 Å². The Morgan fingerprint density at radius 2 is 1.82 bits per heavy atom. The van der Waals surface area contributed by atoms with Gasteiger partial charge in [-0.15, -0.1) is 0 Å². The molecule has 2 aromatic carbocycles. The fourth-order valence-electron chi connectivity index (χ4n) is 1.83. The molecule has 2 aromatic rings. The number of halogens is 2. The monoisotopic (exact) mass is 338 g/mol. The molecule has 2 N–H and O–H groups in total. The molecule has 2 rings (SSSR count). The summed E-state index contributed by atoms with van der Waals surface area (Å²) in [5.74, 6) is 1.35. The van der Waals surface area contributed by atoms with Crippen molar-refractivity contribution in [3.63, 3.8) is 0 Å². The number of nitrogens with zero attached hydrogens (tertiary/aromatic N) is 1. The van der Waals surface area contributed by atoms with Gasteiger partial charge in [0.25, 0.3) is 0 Å². The van der Waals surface area contributed by atoms with E-state index in [4.69, 9.17) is 38.4 Å². The lowest BCUT2D eigenvalue weighted by molar-refractivity contribution is 0.311. The van der Waals surface area contributed by atoms with Crippen LogP contribution in [0.25, 0.3) is 0 Å². The van der Waals surface area contributed by atoms with Crippen LogP contribution >= 0.6 is 23.2 Å². The Balaban J connectivity index is 2.26. The summed E-state index contributed by atoms with van der Waals surface area (Å²) in [4.78, 5) is 4.34. The molecule has 22 heavy (non-hydrogen) atoms. The summed E-state index contributed by atoms with van der Waals surface area (Å²) in [5.41, 5.74) is 7.53. The van der Waals surface area contributed by atoms with Crippen molar-refractivity contribution in [3.05, 3.63) is 45.9 Å². The highest BCUT2D eigenvalue weighted by molar-refractivity contribution is 6.39. The van der Waals surface area contributed by atoms with Crippen LogP contribution in [0, 0.1) is 0 Å². The van der Waals surface area contributed by atoms with Crippen molar-refractivity contribution in [1.29, 1.82) is 0 Å². The predicted octanol–water partition coefficient (Wildman–Crippen LogP) is 4.73. The van der Waals surface area contributed by atoms with Gasteiger partial charge in [-0.25, -0.2) is 0 Å². The maximum Gasteiger partial charge on any atom is 0.161 e. The Labute approximate surface area is 139 Å². The summed E-state index contributed by atoms with van der Waals surface area (Å²) in [5, 5.41) is 0.757. The molecule has 0 heterocycles. The third-order valence-corrected chi connectivity index (χ3v) is 3.54. The molecule has 0 aliphatic rings. The first-order chi connectivity index (χ1) is 10.5. The van der Waals surface area contributed by atoms with E-state index in [9.17, 15) is 0 Å². The zero-order valence-electron chi connectivity index (χ0n) is 12.3. The second-order valence-electron chi connectivity index (χ2n) is 4.42. The SMILES string of the molecule is CCOc1ccc(C=Nc2cc(Cl)c(N)c(Cl)c2)cc1OC. The number of hydrogen-bond acceptors (Lipinski definition) is 4. The van der Waals surface area contributed by atoms with Crippen LogP contribution in [0.4, 0.5) is 11.4 Å². The third kappa shape index (κ3) is 3.84. The zero-order valence-corrected chi connectivity index (χ0v) is 13.8. The summed E-state index contributed by atoms with van der Waals surface area (Å²) in [7, 11) is 1.60. The third-order valence-electron chi connectivity index (χ3n) is 2.91. The van der Waals surface area contributed by atoms with Gasteiger partial charge < -0.3 is 15.2 Å². The van der Waals surface area contributed by atoms with Crippen LogP contribution in [0.2, 0.25) is 10.0 Å². The average Bonchev–Trinajstić information content (AvgIpc) is 2.51. The number of nitrogens with two attached hydrogens (primary N) is 1. The number of benzene rings is 2. The van der Waals surface area contributed by atoms with E-state index in [1.165, 1.54) is 0 Å².